The second kappa shape index (κ2) is 7.16. The van der Waals surface area contributed by atoms with E-state index in [4.69, 9.17) is 4.98 Å². The normalized spacial score (nSPS) is 15.6. The van der Waals surface area contributed by atoms with Gasteiger partial charge >= 0.3 is 0 Å². The van der Waals surface area contributed by atoms with Gasteiger partial charge in [-0.3, -0.25) is 4.79 Å². The van der Waals surface area contributed by atoms with Crippen molar-refractivity contribution in [3.05, 3.63) is 66.2 Å². The number of hydrogen-bond donors (Lipinski definition) is 0. The van der Waals surface area contributed by atoms with Gasteiger partial charge in [0.1, 0.15) is 5.78 Å². The van der Waals surface area contributed by atoms with Gasteiger partial charge in [-0.15, -0.1) is 0 Å². The molecule has 3 heteroatoms. The first-order valence-corrected chi connectivity index (χ1v) is 8.98. The predicted octanol–water partition coefficient (Wildman–Crippen LogP) is 4.11. The zero-order valence-electron chi connectivity index (χ0n) is 14.3. The summed E-state index contributed by atoms with van der Waals surface area (Å²) < 4.78 is 0. The third-order valence-electron chi connectivity index (χ3n) is 4.98. The maximum absolute atomic E-state index is 11.4. The van der Waals surface area contributed by atoms with Crippen LogP contribution in [0.25, 0.3) is 22.2 Å². The SMILES string of the molecule is O=C1CCN(CCc2cc(-c3ccccc3)nc3ccccc23)CC1. The monoisotopic (exact) mass is 330 g/mol. The Bertz CT molecular complexity index is 879. The van der Waals surface area contributed by atoms with Crippen LogP contribution in [0.4, 0.5) is 0 Å². The number of fused-ring (bicyclic) bond motifs is 1. The maximum atomic E-state index is 11.4. The van der Waals surface area contributed by atoms with E-state index >= 15 is 0 Å². The molecule has 0 N–H and O–H groups in total. The van der Waals surface area contributed by atoms with Gasteiger partial charge in [-0.1, -0.05) is 48.5 Å². The molecule has 0 amide bonds. The minimum absolute atomic E-state index is 0.400. The molecule has 0 saturated carbocycles. The minimum Gasteiger partial charge on any atom is -0.302 e. The van der Waals surface area contributed by atoms with Crippen molar-refractivity contribution in [2.75, 3.05) is 19.6 Å². The zero-order valence-corrected chi connectivity index (χ0v) is 14.3. The quantitative estimate of drug-likeness (QED) is 0.722. The summed E-state index contributed by atoms with van der Waals surface area (Å²) >= 11 is 0. The van der Waals surface area contributed by atoms with Crippen LogP contribution in [0.5, 0.6) is 0 Å². The lowest BCUT2D eigenvalue weighted by Gasteiger charge is -2.25. The van der Waals surface area contributed by atoms with Crippen LogP contribution in [0.15, 0.2) is 60.7 Å². The fourth-order valence-electron chi connectivity index (χ4n) is 3.52. The van der Waals surface area contributed by atoms with Crippen molar-refractivity contribution in [2.45, 2.75) is 19.3 Å². The van der Waals surface area contributed by atoms with E-state index in [0.717, 1.165) is 42.8 Å². The molecule has 1 fully saturated rings. The summed E-state index contributed by atoms with van der Waals surface area (Å²) in [6, 6.07) is 21.0. The summed E-state index contributed by atoms with van der Waals surface area (Å²) in [5.41, 5.74) is 4.57. The maximum Gasteiger partial charge on any atom is 0.135 e. The number of pyridine rings is 1. The first-order valence-electron chi connectivity index (χ1n) is 8.98. The van der Waals surface area contributed by atoms with Crippen LogP contribution >= 0.6 is 0 Å². The van der Waals surface area contributed by atoms with Gasteiger partial charge < -0.3 is 4.90 Å². The Morgan fingerprint density at radius 2 is 1.64 bits per heavy atom. The molecule has 0 unspecified atom stereocenters. The first kappa shape index (κ1) is 16.0. The molecule has 1 aromatic heterocycles. The number of carbonyl (C=O) groups is 1. The predicted molar refractivity (Wildman–Crippen MR) is 102 cm³/mol. The highest BCUT2D eigenvalue weighted by atomic mass is 16.1. The second-order valence-corrected chi connectivity index (χ2v) is 6.68. The van der Waals surface area contributed by atoms with Gasteiger partial charge in [-0.05, 0) is 24.1 Å². The van der Waals surface area contributed by atoms with Crippen LogP contribution in [0.3, 0.4) is 0 Å². The van der Waals surface area contributed by atoms with Crippen molar-refractivity contribution in [3.63, 3.8) is 0 Å². The van der Waals surface area contributed by atoms with Gasteiger partial charge in [0, 0.05) is 43.4 Å². The molecule has 2 aromatic carbocycles. The number of Topliss-reactive ketones (excluding diaryl/α,β-unsaturated/α-hetero) is 1. The molecule has 1 aliphatic heterocycles. The number of likely N-dealkylation sites (tertiary alicyclic amines) is 1. The summed E-state index contributed by atoms with van der Waals surface area (Å²) in [4.78, 5) is 18.7. The van der Waals surface area contributed by atoms with E-state index in [1.807, 2.05) is 12.1 Å². The lowest BCUT2D eigenvalue weighted by molar-refractivity contribution is -0.121. The highest BCUT2D eigenvalue weighted by Crippen LogP contribution is 2.25. The molecule has 25 heavy (non-hydrogen) atoms. The third kappa shape index (κ3) is 3.62. The van der Waals surface area contributed by atoms with E-state index in [9.17, 15) is 4.79 Å². The van der Waals surface area contributed by atoms with E-state index < -0.39 is 0 Å². The Kier molecular flexibility index (Phi) is 4.57. The van der Waals surface area contributed by atoms with Crippen LogP contribution in [0.1, 0.15) is 18.4 Å². The van der Waals surface area contributed by atoms with Crippen molar-refractivity contribution >= 4 is 16.7 Å². The van der Waals surface area contributed by atoms with Crippen LogP contribution in [0.2, 0.25) is 0 Å². The molecule has 0 aliphatic carbocycles. The van der Waals surface area contributed by atoms with E-state index in [1.165, 1.54) is 10.9 Å². The molecule has 1 aliphatic rings. The second-order valence-electron chi connectivity index (χ2n) is 6.68. The highest BCUT2D eigenvalue weighted by molar-refractivity contribution is 5.85. The Morgan fingerprint density at radius 1 is 0.920 bits per heavy atom. The standard InChI is InChI=1S/C22H22N2O/c25-19-11-14-24(15-12-19)13-10-18-16-22(17-6-2-1-3-7-17)23-21-9-5-4-8-20(18)21/h1-9,16H,10-15H2. The van der Waals surface area contributed by atoms with Crippen molar-refractivity contribution < 1.29 is 4.79 Å². The Balaban J connectivity index is 1.63. The zero-order chi connectivity index (χ0) is 17.1. The van der Waals surface area contributed by atoms with Gasteiger partial charge in [-0.2, -0.15) is 0 Å². The fraction of sp³-hybridized carbons (Fsp3) is 0.273. The molecule has 3 aromatic rings. The number of nitrogens with zero attached hydrogens (tertiary/aromatic N) is 2. The highest BCUT2D eigenvalue weighted by Gasteiger charge is 2.16. The minimum atomic E-state index is 0.400. The van der Waals surface area contributed by atoms with Gasteiger partial charge in [-0.25, -0.2) is 4.98 Å². The number of carbonyl (C=O) groups excluding carboxylic acids is 1. The summed E-state index contributed by atoms with van der Waals surface area (Å²) in [5, 5.41) is 1.23. The van der Waals surface area contributed by atoms with Crippen molar-refractivity contribution in [1.82, 2.24) is 9.88 Å². The molecule has 0 radical (unpaired) electrons. The topological polar surface area (TPSA) is 33.2 Å². The summed E-state index contributed by atoms with van der Waals surface area (Å²) in [6.07, 6.45) is 2.38. The van der Waals surface area contributed by atoms with E-state index in [-0.39, 0.29) is 0 Å². The Morgan fingerprint density at radius 3 is 2.44 bits per heavy atom. The van der Waals surface area contributed by atoms with Gasteiger partial charge in [0.15, 0.2) is 0 Å². The van der Waals surface area contributed by atoms with E-state index in [0.29, 0.717) is 18.6 Å². The number of piperidine rings is 1. The largest absolute Gasteiger partial charge is 0.302 e. The van der Waals surface area contributed by atoms with Crippen LogP contribution in [0, 0.1) is 0 Å². The number of rotatable bonds is 4. The van der Waals surface area contributed by atoms with E-state index in [2.05, 4.69) is 53.4 Å². The lowest BCUT2D eigenvalue weighted by Crippen LogP contribution is -2.35. The van der Waals surface area contributed by atoms with Crippen molar-refractivity contribution in [2.24, 2.45) is 0 Å². The number of ketones is 1. The Hall–Kier alpha value is -2.52. The van der Waals surface area contributed by atoms with Crippen LogP contribution in [-0.2, 0) is 11.2 Å². The molecule has 3 nitrogen and oxygen atoms in total. The lowest BCUT2D eigenvalue weighted by atomic mass is 10.0. The van der Waals surface area contributed by atoms with Gasteiger partial charge in [0.25, 0.3) is 0 Å². The van der Waals surface area contributed by atoms with E-state index in [1.54, 1.807) is 0 Å². The molecule has 0 bridgehead atoms. The summed E-state index contributed by atoms with van der Waals surface area (Å²) in [6.45, 7) is 2.79. The average molecular weight is 330 g/mol. The van der Waals surface area contributed by atoms with Gasteiger partial charge in [0.2, 0.25) is 0 Å². The molecule has 2 heterocycles. The number of aromatic nitrogens is 1. The molecule has 0 atom stereocenters. The summed E-state index contributed by atoms with van der Waals surface area (Å²) in [5.74, 6) is 0.400. The van der Waals surface area contributed by atoms with Gasteiger partial charge in [0.05, 0.1) is 11.2 Å². The van der Waals surface area contributed by atoms with Crippen LogP contribution < -0.4 is 0 Å². The molecule has 0 spiro atoms. The van der Waals surface area contributed by atoms with Crippen molar-refractivity contribution in [1.29, 1.82) is 0 Å². The molecular weight excluding hydrogens is 308 g/mol. The number of para-hydroxylation sites is 1. The summed E-state index contributed by atoms with van der Waals surface area (Å²) in [7, 11) is 0. The molecule has 126 valence electrons. The number of hydrogen-bond acceptors (Lipinski definition) is 3. The number of benzene rings is 2. The van der Waals surface area contributed by atoms with Crippen molar-refractivity contribution in [3.8, 4) is 11.3 Å². The third-order valence-corrected chi connectivity index (χ3v) is 4.98. The molecule has 4 rings (SSSR count). The average Bonchev–Trinajstić information content (AvgIpc) is 2.68. The molecular formula is C22H22N2O. The molecule has 1 saturated heterocycles. The first-order chi connectivity index (χ1) is 12.3. The Labute approximate surface area is 148 Å². The smallest absolute Gasteiger partial charge is 0.135 e. The van der Waals surface area contributed by atoms with Crippen LogP contribution in [-0.4, -0.2) is 35.3 Å². The fourth-order valence-corrected chi connectivity index (χ4v) is 3.52.